The molecule has 0 aromatic heterocycles. The molecule has 0 amide bonds. The number of nitrogens with zero attached hydrogens (tertiary/aromatic N) is 2. The van der Waals surface area contributed by atoms with E-state index in [0.29, 0.717) is 5.82 Å². The van der Waals surface area contributed by atoms with Gasteiger partial charge in [-0.3, -0.25) is 0 Å². The molecule has 3 heteroatoms. The van der Waals surface area contributed by atoms with Gasteiger partial charge in [-0.05, 0) is 25.2 Å². The fourth-order valence-corrected chi connectivity index (χ4v) is 3.52. The molecular weight excluding hydrogens is 183 g/mol. The van der Waals surface area contributed by atoms with Gasteiger partial charge in [0.1, 0.15) is 0 Å². The Morgan fingerprint density at radius 1 is 1.33 bits per heavy atom. The van der Waals surface area contributed by atoms with E-state index >= 15 is 0 Å². The molecule has 2 bridgehead atoms. The molecule has 2 nitrogen and oxygen atoms in total. The first-order valence-electron chi connectivity index (χ1n) is 6.47. The number of hydrogen-bond donors (Lipinski definition) is 0. The molecule has 1 radical (unpaired) electrons. The van der Waals surface area contributed by atoms with Crippen molar-refractivity contribution in [2.75, 3.05) is 19.6 Å². The quantitative estimate of drug-likeness (QED) is 0.649. The van der Waals surface area contributed by atoms with Crippen molar-refractivity contribution in [3.05, 3.63) is 0 Å². The van der Waals surface area contributed by atoms with E-state index in [9.17, 15) is 5.26 Å². The monoisotopic (exact) mass is 205 g/mol. The first-order chi connectivity index (χ1) is 7.22. The molecule has 3 rings (SSSR count). The molecule has 0 saturated carbocycles. The van der Waals surface area contributed by atoms with Crippen LogP contribution in [0.2, 0.25) is 5.82 Å². The molecule has 83 valence electrons. The van der Waals surface area contributed by atoms with E-state index in [1.54, 1.807) is 0 Å². The van der Waals surface area contributed by atoms with Gasteiger partial charge < -0.3 is 4.39 Å². The molecule has 15 heavy (non-hydrogen) atoms. The first-order valence-corrected chi connectivity index (χ1v) is 6.47. The van der Waals surface area contributed by atoms with Crippen molar-refractivity contribution in [1.82, 2.24) is 0 Å². The predicted octanol–water partition coefficient (Wildman–Crippen LogP) is 2.47. The Kier molecular flexibility index (Phi) is 3.07. The number of fused-ring (bicyclic) bond motifs is 3. The van der Waals surface area contributed by atoms with Crippen LogP contribution in [0, 0.1) is 17.1 Å². The third-order valence-electron chi connectivity index (χ3n) is 4.85. The summed E-state index contributed by atoms with van der Waals surface area (Å²) in [6.45, 7) is 8.54. The fourth-order valence-electron chi connectivity index (χ4n) is 3.52. The molecule has 3 aliphatic rings. The number of rotatable bonds is 3. The highest BCUT2D eigenvalue weighted by atomic mass is 15.3. The summed E-state index contributed by atoms with van der Waals surface area (Å²) < 4.78 is 1.13. The molecule has 0 N–H and O–H groups in total. The van der Waals surface area contributed by atoms with Gasteiger partial charge in [-0.2, -0.15) is 0 Å². The van der Waals surface area contributed by atoms with Gasteiger partial charge >= 0.3 is 0 Å². The second kappa shape index (κ2) is 4.18. The van der Waals surface area contributed by atoms with Crippen molar-refractivity contribution in [2.24, 2.45) is 5.92 Å². The van der Waals surface area contributed by atoms with E-state index < -0.39 is 0 Å². The van der Waals surface area contributed by atoms with Crippen molar-refractivity contribution in [3.63, 3.8) is 0 Å². The van der Waals surface area contributed by atoms with Crippen molar-refractivity contribution in [1.29, 1.82) is 5.26 Å². The summed E-state index contributed by atoms with van der Waals surface area (Å²) in [4.78, 5) is 0. The lowest BCUT2D eigenvalue weighted by molar-refractivity contribution is -0.845. The van der Waals surface area contributed by atoms with Gasteiger partial charge in [-0.1, -0.05) is 20.3 Å². The van der Waals surface area contributed by atoms with Crippen molar-refractivity contribution >= 4 is 6.85 Å². The Morgan fingerprint density at radius 2 is 1.87 bits per heavy atom. The molecule has 1 atom stereocenters. The summed E-state index contributed by atoms with van der Waals surface area (Å²) in [5, 5.41) is 9.43. The maximum absolute atomic E-state index is 9.43. The van der Waals surface area contributed by atoms with Gasteiger partial charge in [-0.25, -0.2) is 5.26 Å². The number of piperidine rings is 3. The van der Waals surface area contributed by atoms with Crippen LogP contribution in [-0.4, -0.2) is 30.9 Å². The topological polar surface area (TPSA) is 23.8 Å². The maximum atomic E-state index is 9.43. The van der Waals surface area contributed by atoms with Crippen LogP contribution in [0.5, 0.6) is 0 Å². The second-order valence-electron chi connectivity index (χ2n) is 5.58. The van der Waals surface area contributed by atoms with Gasteiger partial charge in [0.05, 0.1) is 0 Å². The SMILES string of the molecule is CCC(C)[B-](C#N)[N+]12CCC(CC1)CC2. The number of nitriles is 1. The van der Waals surface area contributed by atoms with E-state index in [0.717, 1.165) is 16.7 Å². The Bertz CT molecular complexity index is 250. The normalized spacial score (nSPS) is 36.5. The zero-order valence-corrected chi connectivity index (χ0v) is 10.1. The fraction of sp³-hybridized carbons (Fsp3) is 0.917. The number of quaternary nitrogens is 1. The molecule has 3 saturated heterocycles. The van der Waals surface area contributed by atoms with E-state index in [-0.39, 0.29) is 6.85 Å². The summed E-state index contributed by atoms with van der Waals surface area (Å²) in [7, 11) is 0. The van der Waals surface area contributed by atoms with E-state index in [1.807, 2.05) is 0 Å². The van der Waals surface area contributed by atoms with Crippen molar-refractivity contribution in [3.8, 4) is 5.97 Å². The molecule has 3 heterocycles. The average molecular weight is 205 g/mol. The highest BCUT2D eigenvalue weighted by Gasteiger charge is 2.40. The van der Waals surface area contributed by atoms with Crippen LogP contribution in [0.3, 0.4) is 0 Å². The summed E-state index contributed by atoms with van der Waals surface area (Å²) in [6.07, 6.45) is 5.25. The Hall–Kier alpha value is -0.485. The van der Waals surface area contributed by atoms with Crippen LogP contribution in [0.1, 0.15) is 39.5 Å². The third-order valence-corrected chi connectivity index (χ3v) is 4.85. The molecule has 0 spiro atoms. The Morgan fingerprint density at radius 3 is 2.27 bits per heavy atom. The minimum absolute atomic E-state index is 0.260. The lowest BCUT2D eigenvalue weighted by atomic mass is 9.47. The minimum atomic E-state index is 0.260. The second-order valence-corrected chi connectivity index (χ2v) is 5.58. The van der Waals surface area contributed by atoms with Crippen LogP contribution in [0.15, 0.2) is 0 Å². The molecule has 0 aliphatic carbocycles. The zero-order valence-electron chi connectivity index (χ0n) is 10.1. The first kappa shape index (κ1) is 11.0. The van der Waals surface area contributed by atoms with Crippen LogP contribution in [-0.2, 0) is 0 Å². The van der Waals surface area contributed by atoms with Crippen LogP contribution in [0.4, 0.5) is 0 Å². The standard InChI is InChI=1S/C12H22BN2/c1-3-11(2)13(10-14)15-7-4-12(5-8-15)6-9-15/h11-12H,3-9H2,1-2H3. The third kappa shape index (κ3) is 1.80. The minimum Gasteiger partial charge on any atom is -0.524 e. The van der Waals surface area contributed by atoms with E-state index in [2.05, 4.69) is 19.8 Å². The van der Waals surface area contributed by atoms with Crippen LogP contribution in [0.25, 0.3) is 0 Å². The van der Waals surface area contributed by atoms with Crippen LogP contribution >= 0.6 is 0 Å². The molecule has 0 aromatic rings. The highest BCUT2D eigenvalue weighted by molar-refractivity contribution is 6.61. The summed E-state index contributed by atoms with van der Waals surface area (Å²) in [6, 6.07) is 0. The molecule has 3 aliphatic heterocycles. The van der Waals surface area contributed by atoms with Gasteiger partial charge in [-0.15, -0.1) is 11.8 Å². The van der Waals surface area contributed by atoms with Gasteiger partial charge in [0, 0.05) is 19.6 Å². The Labute approximate surface area is 93.9 Å². The van der Waals surface area contributed by atoms with E-state index in [4.69, 9.17) is 0 Å². The van der Waals surface area contributed by atoms with Crippen molar-refractivity contribution in [2.45, 2.75) is 45.3 Å². The Balaban J connectivity index is 2.15. The molecule has 1 unspecified atom stereocenters. The highest BCUT2D eigenvalue weighted by Crippen LogP contribution is 2.37. The molecular formula is C12H22BN2. The maximum Gasteiger partial charge on any atom is 0.247 e. The van der Waals surface area contributed by atoms with Gasteiger partial charge in [0.15, 0.2) is 0 Å². The summed E-state index contributed by atoms with van der Waals surface area (Å²) in [5.74, 6) is 4.16. The molecule has 3 fully saturated rings. The smallest absolute Gasteiger partial charge is 0.247 e. The zero-order chi connectivity index (χ0) is 10.9. The van der Waals surface area contributed by atoms with Crippen molar-refractivity contribution < 1.29 is 4.39 Å². The van der Waals surface area contributed by atoms with Gasteiger partial charge in [0.2, 0.25) is 6.85 Å². The van der Waals surface area contributed by atoms with Gasteiger partial charge in [0.25, 0.3) is 0 Å². The molecule has 0 aromatic carbocycles. The van der Waals surface area contributed by atoms with E-state index in [1.165, 1.54) is 38.9 Å². The lowest BCUT2D eigenvalue weighted by Gasteiger charge is -2.61. The summed E-state index contributed by atoms with van der Waals surface area (Å²) in [5.41, 5.74) is 0. The predicted molar refractivity (Wildman–Crippen MR) is 63.3 cm³/mol. The number of hydrogen-bond acceptors (Lipinski definition) is 1. The van der Waals surface area contributed by atoms with Crippen LogP contribution < -0.4 is 0 Å². The lowest BCUT2D eigenvalue weighted by Crippen LogP contribution is -2.66. The average Bonchev–Trinajstić information content (AvgIpc) is 2.31. The largest absolute Gasteiger partial charge is 0.524 e. The summed E-state index contributed by atoms with van der Waals surface area (Å²) >= 11 is 0.